The predicted octanol–water partition coefficient (Wildman–Crippen LogP) is 4.01. The van der Waals surface area contributed by atoms with Crippen LogP contribution in [0.15, 0.2) is 30.6 Å². The molecule has 0 spiro atoms. The number of methoxy groups -OCH3 is 1. The summed E-state index contributed by atoms with van der Waals surface area (Å²) in [4.78, 5) is 0. The van der Waals surface area contributed by atoms with Crippen molar-refractivity contribution in [3.8, 4) is 22.9 Å². The second kappa shape index (κ2) is 6.65. The lowest BCUT2D eigenvalue weighted by Gasteiger charge is -2.21. The number of nitriles is 1. The molecule has 1 aromatic carbocycles. The van der Waals surface area contributed by atoms with Crippen LogP contribution in [0.2, 0.25) is 0 Å². The summed E-state index contributed by atoms with van der Waals surface area (Å²) in [6, 6.07) is 7.76. The van der Waals surface area contributed by atoms with Gasteiger partial charge in [0, 0.05) is 23.9 Å². The lowest BCUT2D eigenvalue weighted by molar-refractivity contribution is 0.308. The maximum Gasteiger partial charge on any atom is 0.119 e. The highest BCUT2D eigenvalue weighted by Gasteiger charge is 2.15. The molecule has 1 saturated carbocycles. The molecule has 0 aliphatic heterocycles. The van der Waals surface area contributed by atoms with Crippen LogP contribution in [0, 0.1) is 17.2 Å². The van der Waals surface area contributed by atoms with Gasteiger partial charge in [0.1, 0.15) is 5.75 Å². The lowest BCUT2D eigenvalue weighted by Crippen LogP contribution is -2.14. The number of benzene rings is 1. The van der Waals surface area contributed by atoms with E-state index in [1.807, 2.05) is 29.2 Å². The summed E-state index contributed by atoms with van der Waals surface area (Å²) in [7, 11) is 1.64. The number of hydrogen-bond acceptors (Lipinski definition) is 3. The summed E-state index contributed by atoms with van der Waals surface area (Å²) < 4.78 is 7.29. The zero-order valence-electron chi connectivity index (χ0n) is 13.0. The molecule has 0 amide bonds. The Morgan fingerprint density at radius 2 is 2.14 bits per heavy atom. The molecule has 4 heteroatoms. The van der Waals surface area contributed by atoms with Crippen molar-refractivity contribution in [2.24, 2.45) is 5.92 Å². The molecule has 1 heterocycles. The Morgan fingerprint density at radius 1 is 1.32 bits per heavy atom. The second-order valence-electron chi connectivity index (χ2n) is 5.98. The number of aromatic nitrogens is 2. The molecule has 1 aromatic heterocycles. The average molecular weight is 295 g/mol. The zero-order valence-corrected chi connectivity index (χ0v) is 13.0. The van der Waals surface area contributed by atoms with Crippen LogP contribution >= 0.6 is 0 Å². The molecule has 22 heavy (non-hydrogen) atoms. The monoisotopic (exact) mass is 295 g/mol. The van der Waals surface area contributed by atoms with E-state index in [2.05, 4.69) is 11.2 Å². The highest BCUT2D eigenvalue weighted by atomic mass is 16.5. The normalized spacial score (nSPS) is 15.5. The Kier molecular flexibility index (Phi) is 4.43. The molecule has 1 aliphatic rings. The molecule has 114 valence electrons. The molecular formula is C18H21N3O. The molecule has 0 bridgehead atoms. The summed E-state index contributed by atoms with van der Waals surface area (Å²) in [5.74, 6) is 1.50. The summed E-state index contributed by atoms with van der Waals surface area (Å²) in [6.45, 7) is 0.978. The summed E-state index contributed by atoms with van der Waals surface area (Å²) >= 11 is 0. The summed E-state index contributed by atoms with van der Waals surface area (Å²) in [5.41, 5.74) is 2.51. The number of hydrogen-bond donors (Lipinski definition) is 0. The Bertz CT molecular complexity index is 678. The first-order valence-corrected chi connectivity index (χ1v) is 7.91. The van der Waals surface area contributed by atoms with Crippen molar-refractivity contribution >= 4 is 0 Å². The van der Waals surface area contributed by atoms with Crippen LogP contribution in [0.1, 0.15) is 37.7 Å². The number of ether oxygens (including phenoxy) is 1. The quantitative estimate of drug-likeness (QED) is 0.856. The number of nitrogens with zero attached hydrogens (tertiary/aromatic N) is 3. The van der Waals surface area contributed by atoms with Crippen LogP contribution in [0.3, 0.4) is 0 Å². The minimum Gasteiger partial charge on any atom is -0.497 e. The van der Waals surface area contributed by atoms with E-state index in [0.717, 1.165) is 29.3 Å². The van der Waals surface area contributed by atoms with Crippen LogP contribution in [-0.2, 0) is 6.54 Å². The van der Waals surface area contributed by atoms with Gasteiger partial charge in [-0.15, -0.1) is 0 Å². The van der Waals surface area contributed by atoms with Crippen molar-refractivity contribution in [1.29, 1.82) is 5.26 Å². The Labute approximate surface area is 131 Å². The Hall–Kier alpha value is -2.28. The van der Waals surface area contributed by atoms with Crippen molar-refractivity contribution in [1.82, 2.24) is 9.78 Å². The van der Waals surface area contributed by atoms with Gasteiger partial charge in [-0.3, -0.25) is 4.68 Å². The Morgan fingerprint density at radius 3 is 2.86 bits per heavy atom. The van der Waals surface area contributed by atoms with Gasteiger partial charge in [-0.2, -0.15) is 10.4 Å². The van der Waals surface area contributed by atoms with Crippen molar-refractivity contribution in [2.45, 2.75) is 38.6 Å². The first kappa shape index (κ1) is 14.6. The molecular weight excluding hydrogens is 274 g/mol. The standard InChI is InChI=1S/C18H21N3O/c1-22-17-8-7-15(10-19)18(9-17)16-11-20-21(13-16)12-14-5-3-2-4-6-14/h7-9,11,13-14H,2-6,12H2,1H3. The van der Waals surface area contributed by atoms with Crippen LogP contribution in [0.25, 0.3) is 11.1 Å². The van der Waals surface area contributed by atoms with Crippen molar-refractivity contribution in [3.05, 3.63) is 36.2 Å². The van der Waals surface area contributed by atoms with E-state index in [0.29, 0.717) is 5.56 Å². The molecule has 1 fully saturated rings. The van der Waals surface area contributed by atoms with Gasteiger partial charge in [-0.1, -0.05) is 19.3 Å². The Balaban J connectivity index is 1.82. The van der Waals surface area contributed by atoms with Crippen molar-refractivity contribution in [3.63, 3.8) is 0 Å². The molecule has 3 rings (SSSR count). The molecule has 2 aromatic rings. The lowest BCUT2D eigenvalue weighted by atomic mass is 9.89. The van der Waals surface area contributed by atoms with Gasteiger partial charge in [-0.05, 0) is 37.0 Å². The molecule has 0 unspecified atom stereocenters. The van der Waals surface area contributed by atoms with E-state index in [1.54, 1.807) is 13.2 Å². The fourth-order valence-electron chi connectivity index (χ4n) is 3.22. The molecule has 4 nitrogen and oxygen atoms in total. The largest absolute Gasteiger partial charge is 0.497 e. The third-order valence-corrected chi connectivity index (χ3v) is 4.46. The van der Waals surface area contributed by atoms with E-state index in [4.69, 9.17) is 4.74 Å². The average Bonchev–Trinajstić information content (AvgIpc) is 3.03. The van der Waals surface area contributed by atoms with E-state index < -0.39 is 0 Å². The van der Waals surface area contributed by atoms with Gasteiger partial charge in [0.15, 0.2) is 0 Å². The first-order valence-electron chi connectivity index (χ1n) is 7.91. The minimum absolute atomic E-state index is 0.651. The number of rotatable bonds is 4. The van der Waals surface area contributed by atoms with E-state index in [9.17, 15) is 5.26 Å². The van der Waals surface area contributed by atoms with E-state index in [-0.39, 0.29) is 0 Å². The second-order valence-corrected chi connectivity index (χ2v) is 5.98. The van der Waals surface area contributed by atoms with Crippen LogP contribution < -0.4 is 4.74 Å². The SMILES string of the molecule is COc1ccc(C#N)c(-c2cnn(CC3CCCCC3)c2)c1. The highest BCUT2D eigenvalue weighted by Crippen LogP contribution is 2.29. The van der Waals surface area contributed by atoms with Gasteiger partial charge in [0.25, 0.3) is 0 Å². The first-order chi connectivity index (χ1) is 10.8. The van der Waals surface area contributed by atoms with E-state index in [1.165, 1.54) is 32.1 Å². The molecule has 0 saturated heterocycles. The predicted molar refractivity (Wildman–Crippen MR) is 85.5 cm³/mol. The topological polar surface area (TPSA) is 50.8 Å². The molecule has 1 aliphatic carbocycles. The zero-order chi connectivity index (χ0) is 15.4. The van der Waals surface area contributed by atoms with Gasteiger partial charge < -0.3 is 4.74 Å². The van der Waals surface area contributed by atoms with Crippen LogP contribution in [0.4, 0.5) is 0 Å². The van der Waals surface area contributed by atoms with Crippen LogP contribution in [-0.4, -0.2) is 16.9 Å². The molecule has 0 N–H and O–H groups in total. The van der Waals surface area contributed by atoms with Crippen LogP contribution in [0.5, 0.6) is 5.75 Å². The van der Waals surface area contributed by atoms with Gasteiger partial charge in [0.05, 0.1) is 24.9 Å². The van der Waals surface area contributed by atoms with Crippen molar-refractivity contribution < 1.29 is 4.74 Å². The fourth-order valence-corrected chi connectivity index (χ4v) is 3.22. The minimum atomic E-state index is 0.651. The van der Waals surface area contributed by atoms with Crippen molar-refractivity contribution in [2.75, 3.05) is 7.11 Å². The highest BCUT2D eigenvalue weighted by molar-refractivity contribution is 5.71. The fraction of sp³-hybridized carbons (Fsp3) is 0.444. The van der Waals surface area contributed by atoms with Gasteiger partial charge in [0.2, 0.25) is 0 Å². The smallest absolute Gasteiger partial charge is 0.119 e. The molecule has 0 radical (unpaired) electrons. The third-order valence-electron chi connectivity index (χ3n) is 4.46. The van der Waals surface area contributed by atoms with Gasteiger partial charge >= 0.3 is 0 Å². The van der Waals surface area contributed by atoms with E-state index >= 15 is 0 Å². The maximum atomic E-state index is 9.29. The molecule has 0 atom stereocenters. The summed E-state index contributed by atoms with van der Waals surface area (Å²) in [6.07, 6.45) is 10.6. The third kappa shape index (κ3) is 3.14. The van der Waals surface area contributed by atoms with Gasteiger partial charge in [-0.25, -0.2) is 0 Å². The summed E-state index contributed by atoms with van der Waals surface area (Å²) in [5, 5.41) is 13.8. The maximum absolute atomic E-state index is 9.29.